The lowest BCUT2D eigenvalue weighted by atomic mass is 10.2. The van der Waals surface area contributed by atoms with Crippen molar-refractivity contribution in [3.05, 3.63) is 0 Å². The minimum absolute atomic E-state index is 0.0506. The van der Waals surface area contributed by atoms with Gasteiger partial charge in [-0.15, -0.1) is 0 Å². The molecule has 0 aromatic carbocycles. The maximum absolute atomic E-state index is 11.7. The van der Waals surface area contributed by atoms with E-state index in [9.17, 15) is 9.59 Å². The zero-order chi connectivity index (χ0) is 12.4. The molecular formula is C12H21N3O2. The highest BCUT2D eigenvalue weighted by molar-refractivity contribution is 5.83. The fourth-order valence-corrected chi connectivity index (χ4v) is 2.28. The quantitative estimate of drug-likeness (QED) is 0.740. The maximum Gasteiger partial charge on any atom is 0.239 e. The standard InChI is InChI=1S/C12H21N3O2/c1-9(16)14(2)8-12(17)13-10-5-6-15(7-10)11-3-4-11/h10-11H,3-8H2,1-2H3,(H,13,17). The molecule has 1 saturated carbocycles. The number of hydrogen-bond acceptors (Lipinski definition) is 3. The molecule has 0 bridgehead atoms. The summed E-state index contributed by atoms with van der Waals surface area (Å²) >= 11 is 0. The highest BCUT2D eigenvalue weighted by Gasteiger charge is 2.34. The monoisotopic (exact) mass is 239 g/mol. The van der Waals surface area contributed by atoms with Crippen LogP contribution in [0.25, 0.3) is 0 Å². The van der Waals surface area contributed by atoms with Gasteiger partial charge in [-0.1, -0.05) is 0 Å². The minimum atomic E-state index is -0.0776. The van der Waals surface area contributed by atoms with E-state index in [1.165, 1.54) is 24.7 Å². The van der Waals surface area contributed by atoms with E-state index in [0.29, 0.717) is 0 Å². The molecule has 1 aliphatic carbocycles. The van der Waals surface area contributed by atoms with E-state index < -0.39 is 0 Å². The Labute approximate surface area is 102 Å². The number of carbonyl (C=O) groups excluding carboxylic acids is 2. The first-order chi connectivity index (χ1) is 8.06. The summed E-state index contributed by atoms with van der Waals surface area (Å²) in [5.74, 6) is -0.128. The van der Waals surface area contributed by atoms with Crippen LogP contribution in [0.2, 0.25) is 0 Å². The highest BCUT2D eigenvalue weighted by Crippen LogP contribution is 2.29. The van der Waals surface area contributed by atoms with Gasteiger partial charge in [0, 0.05) is 39.1 Å². The summed E-state index contributed by atoms with van der Waals surface area (Å²) in [5.41, 5.74) is 0. The van der Waals surface area contributed by atoms with Crippen molar-refractivity contribution in [1.82, 2.24) is 15.1 Å². The number of carbonyl (C=O) groups is 2. The number of amides is 2. The number of likely N-dealkylation sites (N-methyl/N-ethyl adjacent to an activating group) is 1. The van der Waals surface area contributed by atoms with Gasteiger partial charge in [0.05, 0.1) is 6.54 Å². The average Bonchev–Trinajstić information content (AvgIpc) is 3.00. The van der Waals surface area contributed by atoms with Gasteiger partial charge >= 0.3 is 0 Å². The molecule has 1 N–H and O–H groups in total. The van der Waals surface area contributed by atoms with Crippen molar-refractivity contribution in [2.45, 2.75) is 38.3 Å². The topological polar surface area (TPSA) is 52.7 Å². The molecule has 5 heteroatoms. The summed E-state index contributed by atoms with van der Waals surface area (Å²) in [7, 11) is 1.65. The molecule has 0 aromatic rings. The smallest absolute Gasteiger partial charge is 0.239 e. The normalized spacial score (nSPS) is 24.7. The second-order valence-corrected chi connectivity index (χ2v) is 5.15. The SMILES string of the molecule is CC(=O)N(C)CC(=O)NC1CCN(C2CC2)C1. The van der Waals surface area contributed by atoms with Crippen LogP contribution in [0.4, 0.5) is 0 Å². The Bertz CT molecular complexity index is 315. The molecule has 1 aliphatic heterocycles. The summed E-state index contributed by atoms with van der Waals surface area (Å²) in [5, 5.41) is 3.00. The third kappa shape index (κ3) is 3.43. The largest absolute Gasteiger partial charge is 0.350 e. The van der Waals surface area contributed by atoms with Gasteiger partial charge < -0.3 is 10.2 Å². The van der Waals surface area contributed by atoms with Gasteiger partial charge in [-0.3, -0.25) is 14.5 Å². The summed E-state index contributed by atoms with van der Waals surface area (Å²) in [6, 6.07) is 1.04. The molecule has 1 unspecified atom stereocenters. The van der Waals surface area contributed by atoms with Crippen molar-refractivity contribution in [3.63, 3.8) is 0 Å². The van der Waals surface area contributed by atoms with Gasteiger partial charge in [0.2, 0.25) is 11.8 Å². The van der Waals surface area contributed by atoms with Gasteiger partial charge in [0.15, 0.2) is 0 Å². The van der Waals surface area contributed by atoms with Crippen LogP contribution in [0.15, 0.2) is 0 Å². The molecule has 2 aliphatic rings. The predicted molar refractivity (Wildman–Crippen MR) is 64.5 cm³/mol. The fourth-order valence-electron chi connectivity index (χ4n) is 2.28. The Balaban J connectivity index is 1.70. The van der Waals surface area contributed by atoms with Gasteiger partial charge in [0.1, 0.15) is 0 Å². The van der Waals surface area contributed by atoms with E-state index in [4.69, 9.17) is 0 Å². The molecule has 1 saturated heterocycles. The van der Waals surface area contributed by atoms with Gasteiger partial charge in [0.25, 0.3) is 0 Å². The van der Waals surface area contributed by atoms with E-state index in [0.717, 1.165) is 25.6 Å². The Morgan fingerprint density at radius 1 is 1.35 bits per heavy atom. The fraction of sp³-hybridized carbons (Fsp3) is 0.833. The molecule has 5 nitrogen and oxygen atoms in total. The number of nitrogens with zero attached hydrogens (tertiary/aromatic N) is 2. The zero-order valence-electron chi connectivity index (χ0n) is 10.6. The molecule has 2 rings (SSSR count). The maximum atomic E-state index is 11.7. The Morgan fingerprint density at radius 3 is 2.65 bits per heavy atom. The van der Waals surface area contributed by atoms with Crippen LogP contribution >= 0.6 is 0 Å². The molecule has 0 spiro atoms. The first-order valence-electron chi connectivity index (χ1n) is 6.31. The van der Waals surface area contributed by atoms with E-state index in [2.05, 4.69) is 10.2 Å². The number of likely N-dealkylation sites (tertiary alicyclic amines) is 1. The molecule has 17 heavy (non-hydrogen) atoms. The minimum Gasteiger partial charge on any atom is -0.350 e. The van der Waals surface area contributed by atoms with Crippen molar-refractivity contribution >= 4 is 11.8 Å². The van der Waals surface area contributed by atoms with Crippen LogP contribution in [-0.4, -0.2) is 60.4 Å². The van der Waals surface area contributed by atoms with Crippen molar-refractivity contribution in [1.29, 1.82) is 0 Å². The first-order valence-corrected chi connectivity index (χ1v) is 6.31. The molecule has 2 fully saturated rings. The number of rotatable bonds is 4. The molecular weight excluding hydrogens is 218 g/mol. The van der Waals surface area contributed by atoms with Crippen LogP contribution in [-0.2, 0) is 9.59 Å². The van der Waals surface area contributed by atoms with Crippen LogP contribution in [0, 0.1) is 0 Å². The summed E-state index contributed by atoms with van der Waals surface area (Å²) in [6.45, 7) is 3.70. The van der Waals surface area contributed by atoms with Gasteiger partial charge in [-0.05, 0) is 19.3 Å². The van der Waals surface area contributed by atoms with E-state index >= 15 is 0 Å². The van der Waals surface area contributed by atoms with Crippen molar-refractivity contribution < 1.29 is 9.59 Å². The second kappa shape index (κ2) is 5.04. The van der Waals surface area contributed by atoms with E-state index in [-0.39, 0.29) is 24.4 Å². The van der Waals surface area contributed by atoms with E-state index in [1.807, 2.05) is 0 Å². The van der Waals surface area contributed by atoms with Gasteiger partial charge in [-0.2, -0.15) is 0 Å². The van der Waals surface area contributed by atoms with Crippen molar-refractivity contribution in [2.75, 3.05) is 26.7 Å². The van der Waals surface area contributed by atoms with Gasteiger partial charge in [-0.25, -0.2) is 0 Å². The molecule has 1 heterocycles. The Kier molecular flexibility index (Phi) is 3.66. The third-order valence-electron chi connectivity index (χ3n) is 3.57. The summed E-state index contributed by atoms with van der Waals surface area (Å²) in [6.07, 6.45) is 3.66. The van der Waals surface area contributed by atoms with Crippen molar-refractivity contribution in [3.8, 4) is 0 Å². The summed E-state index contributed by atoms with van der Waals surface area (Å²) in [4.78, 5) is 26.6. The second-order valence-electron chi connectivity index (χ2n) is 5.15. The number of nitrogens with one attached hydrogen (secondary N) is 1. The Morgan fingerprint density at radius 2 is 2.06 bits per heavy atom. The third-order valence-corrected chi connectivity index (χ3v) is 3.57. The van der Waals surface area contributed by atoms with Crippen LogP contribution < -0.4 is 5.32 Å². The lowest BCUT2D eigenvalue weighted by molar-refractivity contribution is -0.133. The molecule has 2 amide bonds. The summed E-state index contributed by atoms with van der Waals surface area (Å²) < 4.78 is 0. The molecule has 1 atom stereocenters. The van der Waals surface area contributed by atoms with E-state index in [1.54, 1.807) is 7.05 Å². The average molecular weight is 239 g/mol. The molecule has 96 valence electrons. The highest BCUT2D eigenvalue weighted by atomic mass is 16.2. The predicted octanol–water partition coefficient (Wildman–Crippen LogP) is -0.182. The first kappa shape index (κ1) is 12.4. The van der Waals surface area contributed by atoms with Crippen molar-refractivity contribution in [2.24, 2.45) is 0 Å². The number of hydrogen-bond donors (Lipinski definition) is 1. The molecule has 0 radical (unpaired) electrons. The van der Waals surface area contributed by atoms with Crippen LogP contribution in [0.3, 0.4) is 0 Å². The zero-order valence-corrected chi connectivity index (χ0v) is 10.6. The van der Waals surface area contributed by atoms with Crippen LogP contribution in [0.1, 0.15) is 26.2 Å². The lowest BCUT2D eigenvalue weighted by Crippen LogP contribution is -2.43. The lowest BCUT2D eigenvalue weighted by Gasteiger charge is -2.18. The van der Waals surface area contributed by atoms with Crippen LogP contribution in [0.5, 0.6) is 0 Å². The molecule has 0 aromatic heterocycles. The Hall–Kier alpha value is -1.10.